The molecule has 2 heterocycles. The van der Waals surface area contributed by atoms with Gasteiger partial charge >= 0.3 is 0 Å². The summed E-state index contributed by atoms with van der Waals surface area (Å²) in [6, 6.07) is 11.3. The molecule has 0 aliphatic rings. The highest BCUT2D eigenvalue weighted by Gasteiger charge is 2.11. The Morgan fingerprint density at radius 3 is 2.80 bits per heavy atom. The first-order valence-corrected chi connectivity index (χ1v) is 7.53. The minimum Gasteiger partial charge on any atom is -0.497 e. The third-order valence-electron chi connectivity index (χ3n) is 3.90. The van der Waals surface area contributed by atoms with Gasteiger partial charge in [0.05, 0.1) is 18.8 Å². The Hall–Kier alpha value is -3.48. The van der Waals surface area contributed by atoms with Gasteiger partial charge in [-0.1, -0.05) is 12.1 Å². The van der Waals surface area contributed by atoms with Gasteiger partial charge < -0.3 is 9.72 Å². The van der Waals surface area contributed by atoms with Crippen LogP contribution in [-0.2, 0) is 0 Å². The standard InChI is InChI=1S/C18H13FN4O2/c1-25-13-6-7-14-15(8-13)22-17-16(14)20-10-23(18(17)24)21-9-11-2-4-12(19)5-3-11/h2-10,22H,1H3/b21-9+. The molecule has 0 fully saturated rings. The van der Waals surface area contributed by atoms with Crippen molar-refractivity contribution in [1.82, 2.24) is 14.6 Å². The molecule has 6 nitrogen and oxygen atoms in total. The van der Waals surface area contributed by atoms with E-state index in [-0.39, 0.29) is 11.4 Å². The van der Waals surface area contributed by atoms with Gasteiger partial charge in [0, 0.05) is 11.5 Å². The third kappa shape index (κ3) is 2.65. The van der Waals surface area contributed by atoms with Crippen LogP contribution in [0.3, 0.4) is 0 Å². The van der Waals surface area contributed by atoms with Gasteiger partial charge in [-0.3, -0.25) is 4.79 Å². The van der Waals surface area contributed by atoms with E-state index in [1.165, 1.54) is 24.7 Å². The Morgan fingerprint density at radius 1 is 1.24 bits per heavy atom. The molecular weight excluding hydrogens is 323 g/mol. The van der Waals surface area contributed by atoms with Crippen molar-refractivity contribution < 1.29 is 9.13 Å². The van der Waals surface area contributed by atoms with Crippen LogP contribution in [-0.4, -0.2) is 28.0 Å². The number of H-pyrrole nitrogens is 1. The van der Waals surface area contributed by atoms with E-state index in [1.807, 2.05) is 18.2 Å². The fourth-order valence-corrected chi connectivity index (χ4v) is 2.62. The number of hydrogen-bond donors (Lipinski definition) is 1. The Bertz CT molecular complexity index is 1160. The molecule has 0 unspecified atom stereocenters. The molecule has 0 saturated carbocycles. The van der Waals surface area contributed by atoms with Gasteiger partial charge in [-0.25, -0.2) is 9.37 Å². The molecule has 0 saturated heterocycles. The summed E-state index contributed by atoms with van der Waals surface area (Å²) >= 11 is 0. The average molecular weight is 336 g/mol. The monoisotopic (exact) mass is 336 g/mol. The second-order valence-corrected chi connectivity index (χ2v) is 5.45. The number of nitrogens with one attached hydrogen (secondary N) is 1. The van der Waals surface area contributed by atoms with Gasteiger partial charge in [0.15, 0.2) is 0 Å². The van der Waals surface area contributed by atoms with Crippen LogP contribution in [0, 0.1) is 5.82 Å². The van der Waals surface area contributed by atoms with E-state index >= 15 is 0 Å². The van der Waals surface area contributed by atoms with Gasteiger partial charge in [0.2, 0.25) is 0 Å². The van der Waals surface area contributed by atoms with E-state index in [0.29, 0.717) is 22.3 Å². The summed E-state index contributed by atoms with van der Waals surface area (Å²) in [7, 11) is 1.58. The number of nitrogens with zero attached hydrogens (tertiary/aromatic N) is 3. The third-order valence-corrected chi connectivity index (χ3v) is 3.90. The number of ether oxygens (including phenoxy) is 1. The van der Waals surface area contributed by atoms with Crippen molar-refractivity contribution in [3.8, 4) is 5.75 Å². The maximum Gasteiger partial charge on any atom is 0.298 e. The predicted molar refractivity (Wildman–Crippen MR) is 93.8 cm³/mol. The molecule has 2 aromatic heterocycles. The number of benzene rings is 2. The van der Waals surface area contributed by atoms with E-state index < -0.39 is 0 Å². The number of rotatable bonds is 3. The summed E-state index contributed by atoms with van der Waals surface area (Å²) < 4.78 is 19.3. The molecule has 4 aromatic rings. The number of methoxy groups -OCH3 is 1. The molecule has 0 atom stereocenters. The van der Waals surface area contributed by atoms with Crippen LogP contribution in [0.5, 0.6) is 5.75 Å². The summed E-state index contributed by atoms with van der Waals surface area (Å²) in [5, 5.41) is 4.94. The van der Waals surface area contributed by atoms with E-state index in [4.69, 9.17) is 4.74 Å². The second kappa shape index (κ2) is 5.86. The van der Waals surface area contributed by atoms with Crippen molar-refractivity contribution in [2.45, 2.75) is 0 Å². The van der Waals surface area contributed by atoms with Gasteiger partial charge in [-0.2, -0.15) is 9.78 Å². The van der Waals surface area contributed by atoms with E-state index in [0.717, 1.165) is 15.6 Å². The Kier molecular flexibility index (Phi) is 3.53. The SMILES string of the molecule is COc1ccc2c(c1)[nH]c1c(=O)n(/N=C/c3ccc(F)cc3)cnc12. The zero-order valence-corrected chi connectivity index (χ0v) is 13.2. The highest BCUT2D eigenvalue weighted by atomic mass is 19.1. The summed E-state index contributed by atoms with van der Waals surface area (Å²) in [5.74, 6) is 0.361. The maximum atomic E-state index is 12.9. The highest BCUT2D eigenvalue weighted by Crippen LogP contribution is 2.25. The molecule has 25 heavy (non-hydrogen) atoms. The van der Waals surface area contributed by atoms with Crippen molar-refractivity contribution >= 4 is 28.2 Å². The first kappa shape index (κ1) is 15.1. The van der Waals surface area contributed by atoms with Gasteiger partial charge in [0.25, 0.3) is 5.56 Å². The van der Waals surface area contributed by atoms with Gasteiger partial charge in [-0.05, 0) is 29.8 Å². The lowest BCUT2D eigenvalue weighted by Crippen LogP contribution is -2.17. The van der Waals surface area contributed by atoms with Crippen molar-refractivity contribution in [3.63, 3.8) is 0 Å². The van der Waals surface area contributed by atoms with Crippen molar-refractivity contribution in [3.05, 3.63) is 70.5 Å². The molecule has 7 heteroatoms. The number of aromatic nitrogens is 3. The summed E-state index contributed by atoms with van der Waals surface area (Å²) in [6.07, 6.45) is 2.84. The zero-order valence-electron chi connectivity index (χ0n) is 13.2. The van der Waals surface area contributed by atoms with Crippen LogP contribution in [0.4, 0.5) is 4.39 Å². The lowest BCUT2D eigenvalue weighted by Gasteiger charge is -1.98. The fourth-order valence-electron chi connectivity index (χ4n) is 2.62. The van der Waals surface area contributed by atoms with E-state index in [9.17, 15) is 9.18 Å². The Morgan fingerprint density at radius 2 is 2.04 bits per heavy atom. The summed E-state index contributed by atoms with van der Waals surface area (Å²) in [4.78, 5) is 20.0. The van der Waals surface area contributed by atoms with Crippen molar-refractivity contribution in [1.29, 1.82) is 0 Å². The number of halogens is 1. The van der Waals surface area contributed by atoms with Crippen LogP contribution in [0.1, 0.15) is 5.56 Å². The lowest BCUT2D eigenvalue weighted by molar-refractivity contribution is 0.415. The number of fused-ring (bicyclic) bond motifs is 3. The Balaban J connectivity index is 1.80. The second-order valence-electron chi connectivity index (χ2n) is 5.45. The Labute approximate surface area is 141 Å². The molecule has 1 N–H and O–H groups in total. The first-order chi connectivity index (χ1) is 12.2. The van der Waals surface area contributed by atoms with Gasteiger partial charge in [-0.15, -0.1) is 0 Å². The van der Waals surface area contributed by atoms with E-state index in [1.54, 1.807) is 19.2 Å². The quantitative estimate of drug-likeness (QED) is 0.585. The normalized spacial score (nSPS) is 11.6. The zero-order chi connectivity index (χ0) is 17.4. The van der Waals surface area contributed by atoms with Crippen LogP contribution in [0.2, 0.25) is 0 Å². The smallest absolute Gasteiger partial charge is 0.298 e. The molecule has 0 bridgehead atoms. The minimum atomic E-state index is -0.328. The highest BCUT2D eigenvalue weighted by molar-refractivity contribution is 6.04. The minimum absolute atomic E-state index is 0.321. The fraction of sp³-hybridized carbons (Fsp3) is 0.0556. The molecule has 0 aliphatic heterocycles. The molecule has 0 radical (unpaired) electrons. The van der Waals surface area contributed by atoms with Gasteiger partial charge in [0.1, 0.15) is 28.9 Å². The maximum absolute atomic E-state index is 12.9. The largest absolute Gasteiger partial charge is 0.497 e. The van der Waals surface area contributed by atoms with E-state index in [2.05, 4.69) is 15.1 Å². The molecule has 0 spiro atoms. The first-order valence-electron chi connectivity index (χ1n) is 7.53. The lowest BCUT2D eigenvalue weighted by atomic mass is 10.2. The van der Waals surface area contributed by atoms with Crippen LogP contribution in [0.25, 0.3) is 21.9 Å². The van der Waals surface area contributed by atoms with Crippen LogP contribution >= 0.6 is 0 Å². The summed E-state index contributed by atoms with van der Waals surface area (Å²) in [5.41, 5.74) is 2.06. The molecule has 4 rings (SSSR count). The molecule has 0 amide bonds. The number of aromatic amines is 1. The topological polar surface area (TPSA) is 72.3 Å². The van der Waals surface area contributed by atoms with Crippen LogP contribution < -0.4 is 10.3 Å². The predicted octanol–water partition coefficient (Wildman–Crippen LogP) is 2.91. The number of hydrogen-bond acceptors (Lipinski definition) is 4. The molecule has 2 aromatic carbocycles. The van der Waals surface area contributed by atoms with Crippen LogP contribution in [0.15, 0.2) is 58.7 Å². The van der Waals surface area contributed by atoms with Crippen molar-refractivity contribution in [2.75, 3.05) is 7.11 Å². The molecule has 0 aliphatic carbocycles. The van der Waals surface area contributed by atoms with Crippen molar-refractivity contribution in [2.24, 2.45) is 5.10 Å². The average Bonchev–Trinajstić information content (AvgIpc) is 3.01. The molecular formula is C18H13FN4O2. The molecule has 124 valence electrons. The summed E-state index contributed by atoms with van der Waals surface area (Å²) in [6.45, 7) is 0.